The zero-order valence-corrected chi connectivity index (χ0v) is 16.2. The smallest absolute Gasteiger partial charge is 0.238 e. The molecule has 0 spiro atoms. The minimum Gasteiger partial charge on any atom is -0.379 e. The van der Waals surface area contributed by atoms with E-state index in [1.165, 1.54) is 0 Å². The monoisotopic (exact) mass is 392 g/mol. The minimum absolute atomic E-state index is 0.0638. The number of nitrogens with zero attached hydrogens (tertiary/aromatic N) is 2. The van der Waals surface area contributed by atoms with Crippen molar-refractivity contribution >= 4 is 23.2 Å². The number of hydrogen-bond donors (Lipinski definition) is 2. The van der Waals surface area contributed by atoms with Crippen LogP contribution in [-0.2, 0) is 20.7 Å². The van der Waals surface area contributed by atoms with E-state index in [4.69, 9.17) is 10.00 Å². The summed E-state index contributed by atoms with van der Waals surface area (Å²) in [5.74, 6) is -0.149. The number of morpholine rings is 1. The van der Waals surface area contributed by atoms with Gasteiger partial charge in [-0.05, 0) is 48.4 Å². The zero-order chi connectivity index (χ0) is 20.5. The fraction of sp³-hybridized carbons (Fsp3) is 0.318. The van der Waals surface area contributed by atoms with Crippen LogP contribution in [0.15, 0.2) is 48.5 Å². The van der Waals surface area contributed by atoms with Gasteiger partial charge in [0, 0.05) is 30.9 Å². The lowest BCUT2D eigenvalue weighted by atomic mass is 10.1. The molecule has 1 aliphatic rings. The molecule has 150 valence electrons. The summed E-state index contributed by atoms with van der Waals surface area (Å²) < 4.78 is 5.28. The number of aryl methyl sites for hydroxylation is 1. The van der Waals surface area contributed by atoms with Gasteiger partial charge in [0.15, 0.2) is 0 Å². The highest BCUT2D eigenvalue weighted by Crippen LogP contribution is 2.15. The number of hydrogen-bond acceptors (Lipinski definition) is 5. The topological polar surface area (TPSA) is 94.5 Å². The Balaban J connectivity index is 1.42. The summed E-state index contributed by atoms with van der Waals surface area (Å²) in [7, 11) is 0. The number of carbonyl (C=O) groups is 2. The van der Waals surface area contributed by atoms with Crippen LogP contribution in [0.5, 0.6) is 0 Å². The van der Waals surface area contributed by atoms with E-state index in [9.17, 15) is 9.59 Å². The molecular formula is C22H24N4O3. The van der Waals surface area contributed by atoms with Crippen molar-refractivity contribution in [2.45, 2.75) is 12.8 Å². The molecule has 2 N–H and O–H groups in total. The lowest BCUT2D eigenvalue weighted by Gasteiger charge is -2.25. The summed E-state index contributed by atoms with van der Waals surface area (Å²) >= 11 is 0. The molecular weight excluding hydrogens is 368 g/mol. The van der Waals surface area contributed by atoms with Crippen molar-refractivity contribution in [3.8, 4) is 6.07 Å². The Morgan fingerprint density at radius 3 is 2.10 bits per heavy atom. The first-order valence-electron chi connectivity index (χ1n) is 9.61. The van der Waals surface area contributed by atoms with Crippen LogP contribution >= 0.6 is 0 Å². The Kier molecular flexibility index (Phi) is 7.34. The van der Waals surface area contributed by atoms with Crippen molar-refractivity contribution in [2.24, 2.45) is 0 Å². The number of carbonyl (C=O) groups excluding carboxylic acids is 2. The predicted molar refractivity (Wildman–Crippen MR) is 110 cm³/mol. The Bertz CT molecular complexity index is 866. The van der Waals surface area contributed by atoms with E-state index in [1.54, 1.807) is 36.4 Å². The first-order chi connectivity index (χ1) is 14.1. The number of anilines is 2. The van der Waals surface area contributed by atoms with Crippen molar-refractivity contribution in [2.75, 3.05) is 43.5 Å². The van der Waals surface area contributed by atoms with Gasteiger partial charge in [-0.3, -0.25) is 14.5 Å². The lowest BCUT2D eigenvalue weighted by molar-refractivity contribution is -0.118. The van der Waals surface area contributed by atoms with Gasteiger partial charge in [0.2, 0.25) is 11.8 Å². The molecule has 1 fully saturated rings. The standard InChI is InChI=1S/C22H24N4O3/c23-15-18-3-1-17(2-4-18)5-10-21(27)24-19-6-8-20(9-7-19)25-22(28)16-26-11-13-29-14-12-26/h1-4,6-9H,5,10-14,16H2,(H,24,27)(H,25,28). The van der Waals surface area contributed by atoms with Crippen molar-refractivity contribution < 1.29 is 14.3 Å². The number of nitrogens with one attached hydrogen (secondary N) is 2. The maximum Gasteiger partial charge on any atom is 0.238 e. The van der Waals surface area contributed by atoms with E-state index in [2.05, 4.69) is 21.6 Å². The second-order valence-corrected chi connectivity index (χ2v) is 6.87. The van der Waals surface area contributed by atoms with Crippen LogP contribution in [0.25, 0.3) is 0 Å². The van der Waals surface area contributed by atoms with Gasteiger partial charge < -0.3 is 15.4 Å². The highest BCUT2D eigenvalue weighted by molar-refractivity contribution is 5.93. The molecule has 0 aromatic heterocycles. The molecule has 3 rings (SSSR count). The van der Waals surface area contributed by atoms with Crippen LogP contribution in [-0.4, -0.2) is 49.6 Å². The van der Waals surface area contributed by atoms with Crippen LogP contribution in [0, 0.1) is 11.3 Å². The second kappa shape index (κ2) is 10.4. The number of nitriles is 1. The number of rotatable bonds is 7. The van der Waals surface area contributed by atoms with Gasteiger partial charge >= 0.3 is 0 Å². The van der Waals surface area contributed by atoms with Crippen molar-refractivity contribution in [1.82, 2.24) is 4.90 Å². The summed E-state index contributed by atoms with van der Waals surface area (Å²) in [6, 6.07) is 16.4. The summed E-state index contributed by atoms with van der Waals surface area (Å²) in [4.78, 5) is 26.3. The molecule has 2 amide bonds. The first-order valence-corrected chi connectivity index (χ1v) is 9.61. The summed E-state index contributed by atoms with van der Waals surface area (Å²) in [6.45, 7) is 3.19. The third-order valence-corrected chi connectivity index (χ3v) is 4.65. The fourth-order valence-corrected chi connectivity index (χ4v) is 3.03. The highest BCUT2D eigenvalue weighted by Gasteiger charge is 2.14. The molecule has 0 atom stereocenters. The largest absolute Gasteiger partial charge is 0.379 e. The number of ether oxygens (including phenoxy) is 1. The molecule has 0 saturated carbocycles. The van der Waals surface area contributed by atoms with Crippen molar-refractivity contribution in [3.63, 3.8) is 0 Å². The average molecular weight is 392 g/mol. The molecule has 0 radical (unpaired) electrons. The van der Waals surface area contributed by atoms with Gasteiger partial charge in [-0.2, -0.15) is 5.26 Å². The predicted octanol–water partition coefficient (Wildman–Crippen LogP) is 2.40. The van der Waals surface area contributed by atoms with Gasteiger partial charge in [-0.15, -0.1) is 0 Å². The quantitative estimate of drug-likeness (QED) is 0.755. The maximum atomic E-state index is 12.1. The van der Waals surface area contributed by atoms with Crippen molar-refractivity contribution in [1.29, 1.82) is 5.26 Å². The van der Waals surface area contributed by atoms with E-state index < -0.39 is 0 Å². The third-order valence-electron chi connectivity index (χ3n) is 4.65. The third kappa shape index (κ3) is 6.71. The molecule has 7 heteroatoms. The molecule has 29 heavy (non-hydrogen) atoms. The number of amides is 2. The Morgan fingerprint density at radius 1 is 0.931 bits per heavy atom. The molecule has 0 unspecified atom stereocenters. The molecule has 2 aromatic rings. The van der Waals surface area contributed by atoms with Crippen LogP contribution in [0.4, 0.5) is 11.4 Å². The molecule has 1 aliphatic heterocycles. The Hall–Kier alpha value is -3.21. The highest BCUT2D eigenvalue weighted by atomic mass is 16.5. The molecule has 2 aromatic carbocycles. The van der Waals surface area contributed by atoms with Gasteiger partial charge in [-0.25, -0.2) is 0 Å². The molecule has 0 aliphatic carbocycles. The van der Waals surface area contributed by atoms with Gasteiger partial charge in [0.25, 0.3) is 0 Å². The second-order valence-electron chi connectivity index (χ2n) is 6.87. The molecule has 1 saturated heterocycles. The minimum atomic E-state index is -0.0848. The fourth-order valence-electron chi connectivity index (χ4n) is 3.03. The Morgan fingerprint density at radius 2 is 1.52 bits per heavy atom. The maximum absolute atomic E-state index is 12.1. The van der Waals surface area contributed by atoms with E-state index in [0.717, 1.165) is 18.7 Å². The van der Waals surface area contributed by atoms with Gasteiger partial charge in [0.05, 0.1) is 31.4 Å². The first kappa shape index (κ1) is 20.5. The molecule has 7 nitrogen and oxygen atoms in total. The van der Waals surface area contributed by atoms with Crippen molar-refractivity contribution in [3.05, 3.63) is 59.7 Å². The molecule has 1 heterocycles. The van der Waals surface area contributed by atoms with E-state index in [-0.39, 0.29) is 11.8 Å². The van der Waals surface area contributed by atoms with Crippen LogP contribution in [0.1, 0.15) is 17.5 Å². The van der Waals surface area contributed by atoms with Crippen LogP contribution in [0.2, 0.25) is 0 Å². The van der Waals surface area contributed by atoms with E-state index in [0.29, 0.717) is 49.5 Å². The van der Waals surface area contributed by atoms with Gasteiger partial charge in [-0.1, -0.05) is 12.1 Å². The molecule has 0 bridgehead atoms. The Labute approximate surface area is 170 Å². The SMILES string of the molecule is N#Cc1ccc(CCC(=O)Nc2ccc(NC(=O)CN3CCOCC3)cc2)cc1. The van der Waals surface area contributed by atoms with Crippen LogP contribution in [0.3, 0.4) is 0 Å². The summed E-state index contributed by atoms with van der Waals surface area (Å²) in [6.07, 6.45) is 0.956. The lowest BCUT2D eigenvalue weighted by Crippen LogP contribution is -2.41. The van der Waals surface area contributed by atoms with E-state index >= 15 is 0 Å². The normalized spacial score (nSPS) is 14.0. The zero-order valence-electron chi connectivity index (χ0n) is 16.2. The average Bonchev–Trinajstić information content (AvgIpc) is 2.75. The number of benzene rings is 2. The summed E-state index contributed by atoms with van der Waals surface area (Å²) in [5, 5.41) is 14.5. The van der Waals surface area contributed by atoms with Gasteiger partial charge in [0.1, 0.15) is 0 Å². The van der Waals surface area contributed by atoms with Crippen LogP contribution < -0.4 is 10.6 Å². The van der Waals surface area contributed by atoms with E-state index in [1.807, 2.05) is 12.1 Å². The summed E-state index contributed by atoms with van der Waals surface area (Å²) in [5.41, 5.74) is 2.99.